The van der Waals surface area contributed by atoms with Gasteiger partial charge in [-0.05, 0) is 38.5 Å². The van der Waals surface area contributed by atoms with Crippen LogP contribution < -0.4 is 0 Å². The fraction of sp³-hybridized carbons (Fsp3) is 1.00. The molecule has 1 unspecified atom stereocenters. The van der Waals surface area contributed by atoms with Crippen LogP contribution in [0.2, 0.25) is 30.7 Å². The van der Waals surface area contributed by atoms with Crippen LogP contribution in [-0.4, -0.2) is 72.4 Å². The molecule has 0 spiro atoms. The molecule has 132 valence electrons. The molecule has 2 aliphatic rings. The Morgan fingerprint density at radius 2 is 1.82 bits per heavy atom. The lowest BCUT2D eigenvalue weighted by atomic mass is 10.4. The third-order valence-electron chi connectivity index (χ3n) is 5.07. The Labute approximate surface area is 143 Å². The third kappa shape index (κ3) is 7.37. The molecule has 0 N–H and O–H groups in total. The summed E-state index contributed by atoms with van der Waals surface area (Å²) in [4.78, 5) is 0. The lowest BCUT2D eigenvalue weighted by Gasteiger charge is -2.31. The van der Waals surface area contributed by atoms with Gasteiger partial charge in [0.1, 0.15) is 5.91 Å². The molecule has 0 radical (unpaired) electrons. The number of methoxy groups -OCH3 is 2. The second-order valence-corrected chi connectivity index (χ2v) is 14.6. The summed E-state index contributed by atoms with van der Waals surface area (Å²) in [7, 11) is 4.14. The summed E-state index contributed by atoms with van der Waals surface area (Å²) in [6.07, 6.45) is 5.70. The third-order valence-corrected chi connectivity index (χ3v) is 13.1. The molecule has 2 heterocycles. The lowest BCUT2D eigenvalue weighted by Crippen LogP contribution is -2.48. The Hall–Kier alpha value is 0.491. The molecule has 7 heteroatoms. The van der Waals surface area contributed by atoms with E-state index in [2.05, 4.69) is 11.1 Å². The van der Waals surface area contributed by atoms with Crippen molar-refractivity contribution in [2.75, 3.05) is 34.4 Å². The van der Waals surface area contributed by atoms with Gasteiger partial charge in [0.2, 0.25) is 0 Å². The summed E-state index contributed by atoms with van der Waals surface area (Å²) in [5.41, 5.74) is 0. The molecular weight excluding hydrogens is 326 g/mol. The van der Waals surface area contributed by atoms with Crippen LogP contribution in [0.15, 0.2) is 0 Å². The van der Waals surface area contributed by atoms with Crippen LogP contribution in [-0.2, 0) is 13.9 Å². The minimum absolute atomic E-state index is 0.0969. The molecule has 2 rings (SSSR count). The van der Waals surface area contributed by atoms with Crippen molar-refractivity contribution in [3.63, 3.8) is 0 Å². The minimum Gasteiger partial charge on any atom is -0.406 e. The summed E-state index contributed by atoms with van der Waals surface area (Å²) in [5, 5.41) is 0. The fourth-order valence-electron chi connectivity index (χ4n) is 3.40. The Kier molecular flexibility index (Phi) is 11.1. The zero-order valence-corrected chi connectivity index (χ0v) is 19.1. The summed E-state index contributed by atoms with van der Waals surface area (Å²) in [6, 6.07) is 5.86. The molecule has 22 heavy (non-hydrogen) atoms. The SMILES string of the molecule is C1CC[SiH2]C1.COC(OC)[SiH2]CCCN1CCC[Si]1(C)OC. The monoisotopic (exact) mass is 363 g/mol. The first-order chi connectivity index (χ1) is 10.7. The van der Waals surface area contributed by atoms with Gasteiger partial charge in [-0.25, -0.2) is 0 Å². The van der Waals surface area contributed by atoms with Gasteiger partial charge in [0, 0.05) is 30.8 Å². The second-order valence-electron chi connectivity index (χ2n) is 6.63. The van der Waals surface area contributed by atoms with E-state index in [1.165, 1.54) is 38.0 Å². The van der Waals surface area contributed by atoms with Crippen molar-refractivity contribution in [2.45, 2.75) is 62.3 Å². The normalized spacial score (nSPS) is 26.0. The number of rotatable bonds is 8. The smallest absolute Gasteiger partial charge is 0.267 e. The maximum absolute atomic E-state index is 5.76. The minimum atomic E-state index is -1.50. The molecule has 0 aromatic rings. The molecule has 0 amide bonds. The van der Waals surface area contributed by atoms with E-state index in [4.69, 9.17) is 13.9 Å². The van der Waals surface area contributed by atoms with Crippen molar-refractivity contribution in [2.24, 2.45) is 0 Å². The van der Waals surface area contributed by atoms with Gasteiger partial charge in [0.25, 0.3) is 8.48 Å². The Morgan fingerprint density at radius 3 is 2.32 bits per heavy atom. The average Bonchev–Trinajstić information content (AvgIpc) is 3.22. The van der Waals surface area contributed by atoms with Crippen LogP contribution >= 0.6 is 0 Å². The number of hydrogen-bond donors (Lipinski definition) is 0. The van der Waals surface area contributed by atoms with Crippen molar-refractivity contribution >= 4 is 27.5 Å². The van der Waals surface area contributed by atoms with Gasteiger partial charge in [0.15, 0.2) is 0 Å². The lowest BCUT2D eigenvalue weighted by molar-refractivity contribution is -0.0441. The first-order valence-electron chi connectivity index (χ1n) is 9.02. The predicted octanol–water partition coefficient (Wildman–Crippen LogP) is 1.75. The summed E-state index contributed by atoms with van der Waals surface area (Å²) in [6.45, 7) is 4.77. The quantitative estimate of drug-likeness (QED) is 0.373. The molecular formula is C15H37NO3Si3. The topological polar surface area (TPSA) is 30.9 Å². The van der Waals surface area contributed by atoms with E-state index in [-0.39, 0.29) is 15.4 Å². The molecule has 0 aromatic carbocycles. The fourth-order valence-corrected chi connectivity index (χ4v) is 9.34. The maximum atomic E-state index is 5.76. The van der Waals surface area contributed by atoms with E-state index in [0.29, 0.717) is 9.52 Å². The average molecular weight is 364 g/mol. The molecule has 0 aliphatic carbocycles. The highest BCUT2D eigenvalue weighted by atomic mass is 28.4. The van der Waals surface area contributed by atoms with Crippen molar-refractivity contribution in [3.05, 3.63) is 0 Å². The highest BCUT2D eigenvalue weighted by molar-refractivity contribution is 6.70. The summed E-state index contributed by atoms with van der Waals surface area (Å²) < 4.78 is 18.9. The molecule has 0 bridgehead atoms. The van der Waals surface area contributed by atoms with Crippen LogP contribution in [0.25, 0.3) is 0 Å². The van der Waals surface area contributed by atoms with Crippen LogP contribution in [0.3, 0.4) is 0 Å². The van der Waals surface area contributed by atoms with Gasteiger partial charge in [-0.15, -0.1) is 0 Å². The first-order valence-corrected chi connectivity index (χ1v) is 15.4. The van der Waals surface area contributed by atoms with E-state index in [1.54, 1.807) is 39.1 Å². The first kappa shape index (κ1) is 20.5. The number of nitrogens with zero attached hydrogens (tertiary/aromatic N) is 1. The van der Waals surface area contributed by atoms with Crippen molar-refractivity contribution in [1.82, 2.24) is 4.57 Å². The molecule has 2 aliphatic heterocycles. The van der Waals surface area contributed by atoms with E-state index in [0.717, 1.165) is 0 Å². The van der Waals surface area contributed by atoms with Crippen LogP contribution in [0, 0.1) is 0 Å². The molecule has 1 atom stereocenters. The number of ether oxygens (including phenoxy) is 2. The zero-order valence-electron chi connectivity index (χ0n) is 15.2. The van der Waals surface area contributed by atoms with Gasteiger partial charge in [0.05, 0.1) is 9.52 Å². The van der Waals surface area contributed by atoms with Gasteiger partial charge >= 0.3 is 0 Å². The molecule has 4 nitrogen and oxygen atoms in total. The predicted molar refractivity (Wildman–Crippen MR) is 103 cm³/mol. The molecule has 2 saturated heterocycles. The van der Waals surface area contributed by atoms with E-state index in [1.807, 2.05) is 7.11 Å². The second kappa shape index (κ2) is 11.9. The van der Waals surface area contributed by atoms with E-state index < -0.39 is 8.48 Å². The van der Waals surface area contributed by atoms with E-state index in [9.17, 15) is 0 Å². The summed E-state index contributed by atoms with van der Waals surface area (Å²) in [5.74, 6) is 0.0969. The Morgan fingerprint density at radius 1 is 1.14 bits per heavy atom. The van der Waals surface area contributed by atoms with Crippen molar-refractivity contribution < 1.29 is 13.9 Å². The standard InChI is InChI=1S/C11H27NO3Si2.C4H10Si/c1-13-11(14-2)16-9-5-7-12-8-6-10-17(12,4)15-3;1-2-4-5-3-1/h11H,5-10,16H2,1-4H3;1-5H2. The largest absolute Gasteiger partial charge is 0.406 e. The Bertz CT molecular complexity index is 271. The van der Waals surface area contributed by atoms with Gasteiger partial charge in [-0.2, -0.15) is 0 Å². The van der Waals surface area contributed by atoms with Gasteiger partial charge in [-0.1, -0.05) is 31.0 Å². The zero-order chi connectivity index (χ0) is 16.3. The van der Waals surface area contributed by atoms with Crippen LogP contribution in [0.4, 0.5) is 0 Å². The van der Waals surface area contributed by atoms with Gasteiger partial charge < -0.3 is 18.5 Å². The molecule has 0 saturated carbocycles. The van der Waals surface area contributed by atoms with Crippen LogP contribution in [0.1, 0.15) is 25.7 Å². The molecule has 2 fully saturated rings. The van der Waals surface area contributed by atoms with Crippen LogP contribution in [0.5, 0.6) is 0 Å². The van der Waals surface area contributed by atoms with Gasteiger partial charge in [-0.3, -0.25) is 0 Å². The highest BCUT2D eigenvalue weighted by Crippen LogP contribution is 2.26. The van der Waals surface area contributed by atoms with Crippen molar-refractivity contribution in [1.29, 1.82) is 0 Å². The maximum Gasteiger partial charge on any atom is 0.267 e. The Balaban J connectivity index is 0.000000406. The van der Waals surface area contributed by atoms with Crippen molar-refractivity contribution in [3.8, 4) is 0 Å². The van der Waals surface area contributed by atoms with E-state index >= 15 is 0 Å². The highest BCUT2D eigenvalue weighted by Gasteiger charge is 2.39. The molecule has 0 aromatic heterocycles. The summed E-state index contributed by atoms with van der Waals surface area (Å²) >= 11 is 0. The number of hydrogen-bond acceptors (Lipinski definition) is 4.